The largest absolute Gasteiger partial charge is 0.507 e. The highest BCUT2D eigenvalue weighted by Crippen LogP contribution is 2.36. The minimum atomic E-state index is -0.0306. The number of aromatic nitrogens is 2. The Labute approximate surface area is 169 Å². The van der Waals surface area contributed by atoms with E-state index in [-0.39, 0.29) is 18.4 Å². The summed E-state index contributed by atoms with van der Waals surface area (Å²) in [7, 11) is 0. The van der Waals surface area contributed by atoms with E-state index < -0.39 is 0 Å². The number of aromatic hydroxyl groups is 1. The molecule has 3 rings (SSSR count). The lowest BCUT2D eigenvalue weighted by atomic mass is 10.1. The van der Waals surface area contributed by atoms with Gasteiger partial charge in [-0.15, -0.1) is 11.3 Å². The number of alkyl halides is 1. The van der Waals surface area contributed by atoms with E-state index in [1.165, 1.54) is 11.3 Å². The van der Waals surface area contributed by atoms with Crippen LogP contribution in [-0.2, 0) is 4.43 Å². The van der Waals surface area contributed by atoms with E-state index in [0.29, 0.717) is 32.5 Å². The average Bonchev–Trinajstić information content (AvgIpc) is 3.06. The van der Waals surface area contributed by atoms with Crippen molar-refractivity contribution in [3.8, 4) is 29.0 Å². The molecule has 134 valence electrons. The van der Waals surface area contributed by atoms with Gasteiger partial charge in [0.05, 0.1) is 11.2 Å². The summed E-state index contributed by atoms with van der Waals surface area (Å²) >= 11 is 3.73. The average molecular weight is 480 g/mol. The number of pyridine rings is 1. The smallest absolute Gasteiger partial charge is 0.183 e. The van der Waals surface area contributed by atoms with Crippen LogP contribution in [0.2, 0.25) is 0 Å². The van der Waals surface area contributed by atoms with Gasteiger partial charge in [-0.3, -0.25) is 0 Å². The fraction of sp³-hybridized carbons (Fsp3) is 0.278. The van der Waals surface area contributed by atoms with Gasteiger partial charge in [0.2, 0.25) is 0 Å². The number of hydrogen-bond acceptors (Lipinski definition) is 7. The van der Waals surface area contributed by atoms with Crippen LogP contribution < -0.4 is 10.1 Å². The first-order chi connectivity index (χ1) is 12.5. The molecule has 0 fully saturated rings. The third-order valence-corrected chi connectivity index (χ3v) is 5.16. The second kappa shape index (κ2) is 8.05. The molecule has 0 aliphatic rings. The van der Waals surface area contributed by atoms with Crippen LogP contribution in [0.5, 0.6) is 11.5 Å². The SMILES string of the molecule is CC(C)Nc1nc(-c2cc(O)c3ccc(OCC#N)c(CI)c3n2)cs1. The molecule has 0 aliphatic carbocycles. The molecule has 1 aromatic carbocycles. The summed E-state index contributed by atoms with van der Waals surface area (Å²) < 4.78 is 6.15. The lowest BCUT2D eigenvalue weighted by Gasteiger charge is -2.12. The normalized spacial score (nSPS) is 10.9. The summed E-state index contributed by atoms with van der Waals surface area (Å²) in [5.74, 6) is 0.757. The van der Waals surface area contributed by atoms with Gasteiger partial charge in [-0.05, 0) is 26.0 Å². The number of benzene rings is 1. The maximum atomic E-state index is 10.5. The van der Waals surface area contributed by atoms with Crippen molar-refractivity contribution in [2.24, 2.45) is 0 Å². The Bertz CT molecular complexity index is 981. The topological polar surface area (TPSA) is 91.1 Å². The number of rotatable bonds is 6. The van der Waals surface area contributed by atoms with Gasteiger partial charge in [0, 0.05) is 32.9 Å². The monoisotopic (exact) mass is 480 g/mol. The van der Waals surface area contributed by atoms with Crippen molar-refractivity contribution in [1.82, 2.24) is 9.97 Å². The lowest BCUT2D eigenvalue weighted by molar-refractivity contribution is 0.366. The number of anilines is 1. The molecule has 0 radical (unpaired) electrons. The number of hydrogen-bond donors (Lipinski definition) is 2. The minimum absolute atomic E-state index is 0.0306. The van der Waals surface area contributed by atoms with E-state index in [1.807, 2.05) is 11.4 Å². The number of fused-ring (bicyclic) bond motifs is 1. The highest BCUT2D eigenvalue weighted by molar-refractivity contribution is 14.1. The van der Waals surface area contributed by atoms with Gasteiger partial charge in [-0.25, -0.2) is 9.97 Å². The molecular formula is C18H17IN4O2S. The summed E-state index contributed by atoms with van der Waals surface area (Å²) in [4.78, 5) is 9.28. The predicted octanol–water partition coefficient (Wildman–Crippen LogP) is 4.72. The van der Waals surface area contributed by atoms with E-state index in [0.717, 1.165) is 10.7 Å². The molecule has 2 heterocycles. The molecule has 26 heavy (non-hydrogen) atoms. The summed E-state index contributed by atoms with van der Waals surface area (Å²) in [5, 5.41) is 25.9. The second-order valence-electron chi connectivity index (χ2n) is 5.88. The number of ether oxygens (including phenoxy) is 1. The van der Waals surface area contributed by atoms with Crippen LogP contribution in [0.15, 0.2) is 23.6 Å². The van der Waals surface area contributed by atoms with Gasteiger partial charge in [-0.2, -0.15) is 5.26 Å². The van der Waals surface area contributed by atoms with Gasteiger partial charge in [-0.1, -0.05) is 22.6 Å². The number of nitriles is 1. The number of nitrogens with one attached hydrogen (secondary N) is 1. The third-order valence-electron chi connectivity index (χ3n) is 3.63. The molecule has 2 N–H and O–H groups in total. The number of thiazole rings is 1. The zero-order valence-corrected chi connectivity index (χ0v) is 17.3. The second-order valence-corrected chi connectivity index (χ2v) is 7.50. The van der Waals surface area contributed by atoms with Crippen molar-refractivity contribution in [3.05, 3.63) is 29.1 Å². The van der Waals surface area contributed by atoms with Crippen LogP contribution in [0, 0.1) is 11.3 Å². The Morgan fingerprint density at radius 1 is 1.35 bits per heavy atom. The predicted molar refractivity (Wildman–Crippen MR) is 112 cm³/mol. The number of halogens is 1. The first-order valence-corrected chi connectivity index (χ1v) is 10.4. The zero-order valence-electron chi connectivity index (χ0n) is 14.3. The zero-order chi connectivity index (χ0) is 18.7. The molecule has 0 atom stereocenters. The Kier molecular flexibility index (Phi) is 5.78. The molecule has 6 nitrogen and oxygen atoms in total. The molecular weight excluding hydrogens is 463 g/mol. The van der Waals surface area contributed by atoms with Crippen molar-refractivity contribution in [1.29, 1.82) is 5.26 Å². The quantitative estimate of drug-likeness (QED) is 0.392. The van der Waals surface area contributed by atoms with Crippen molar-refractivity contribution < 1.29 is 9.84 Å². The first kappa shape index (κ1) is 18.7. The fourth-order valence-electron chi connectivity index (χ4n) is 2.52. The molecule has 0 saturated carbocycles. The summed E-state index contributed by atoms with van der Waals surface area (Å²) in [6.45, 7) is 4.07. The van der Waals surface area contributed by atoms with Crippen LogP contribution in [0.25, 0.3) is 22.3 Å². The van der Waals surface area contributed by atoms with Gasteiger partial charge in [0.25, 0.3) is 0 Å². The molecule has 0 spiro atoms. The van der Waals surface area contributed by atoms with Gasteiger partial charge in [0.1, 0.15) is 23.3 Å². The molecule has 0 unspecified atom stereocenters. The number of nitrogens with zero attached hydrogens (tertiary/aromatic N) is 3. The minimum Gasteiger partial charge on any atom is -0.507 e. The van der Waals surface area contributed by atoms with Crippen LogP contribution in [0.4, 0.5) is 5.13 Å². The van der Waals surface area contributed by atoms with E-state index in [9.17, 15) is 5.11 Å². The van der Waals surface area contributed by atoms with Gasteiger partial charge in [0.15, 0.2) is 11.7 Å². The summed E-state index contributed by atoms with van der Waals surface area (Å²) in [6, 6.07) is 7.42. The highest BCUT2D eigenvalue weighted by atomic mass is 127. The first-order valence-electron chi connectivity index (χ1n) is 7.97. The van der Waals surface area contributed by atoms with Crippen molar-refractivity contribution >= 4 is 50.0 Å². The standard InChI is InChI=1S/C18H17IN4O2S/c1-10(2)21-18-23-14(9-26-18)13-7-15(24)11-3-4-16(25-6-5-20)12(8-19)17(11)22-13/h3-4,7,9-10H,6,8H2,1-2H3,(H,21,23)(H,22,24). The molecule has 3 aromatic rings. The van der Waals surface area contributed by atoms with Crippen molar-refractivity contribution in [2.75, 3.05) is 11.9 Å². The highest BCUT2D eigenvalue weighted by Gasteiger charge is 2.16. The van der Waals surface area contributed by atoms with E-state index in [2.05, 4.69) is 46.7 Å². The maximum Gasteiger partial charge on any atom is 0.183 e. The fourth-order valence-corrected chi connectivity index (χ4v) is 4.11. The maximum absolute atomic E-state index is 10.5. The van der Waals surface area contributed by atoms with Gasteiger partial charge >= 0.3 is 0 Å². The Balaban J connectivity index is 2.10. The van der Waals surface area contributed by atoms with Crippen molar-refractivity contribution in [3.63, 3.8) is 0 Å². The van der Waals surface area contributed by atoms with Gasteiger partial charge < -0.3 is 15.2 Å². The summed E-state index contributed by atoms with van der Waals surface area (Å²) in [5.41, 5.74) is 2.83. The van der Waals surface area contributed by atoms with Crippen LogP contribution >= 0.6 is 33.9 Å². The third kappa shape index (κ3) is 3.83. The Morgan fingerprint density at radius 2 is 2.15 bits per heavy atom. The van der Waals surface area contributed by atoms with E-state index in [1.54, 1.807) is 18.2 Å². The van der Waals surface area contributed by atoms with E-state index >= 15 is 0 Å². The lowest BCUT2D eigenvalue weighted by Crippen LogP contribution is -2.09. The summed E-state index contributed by atoms with van der Waals surface area (Å²) in [6.07, 6.45) is 0. The molecule has 0 bridgehead atoms. The van der Waals surface area contributed by atoms with Crippen LogP contribution in [-0.4, -0.2) is 27.7 Å². The molecule has 0 aliphatic heterocycles. The molecule has 0 saturated heterocycles. The Morgan fingerprint density at radius 3 is 2.85 bits per heavy atom. The molecule has 0 amide bonds. The molecule has 2 aromatic heterocycles. The van der Waals surface area contributed by atoms with Crippen LogP contribution in [0.1, 0.15) is 19.4 Å². The molecule has 8 heteroatoms. The van der Waals surface area contributed by atoms with Crippen LogP contribution in [0.3, 0.4) is 0 Å². The van der Waals surface area contributed by atoms with Crippen molar-refractivity contribution in [2.45, 2.75) is 24.3 Å². The van der Waals surface area contributed by atoms with E-state index in [4.69, 9.17) is 15.0 Å². The Hall–Kier alpha value is -2.12.